The van der Waals surface area contributed by atoms with Crippen LogP contribution < -0.4 is 11.1 Å². The van der Waals surface area contributed by atoms with Crippen molar-refractivity contribution in [1.29, 1.82) is 5.41 Å². The molecule has 0 spiro atoms. The van der Waals surface area contributed by atoms with Crippen LogP contribution >= 0.6 is 0 Å². The van der Waals surface area contributed by atoms with E-state index in [0.717, 1.165) is 0 Å². The van der Waals surface area contributed by atoms with Gasteiger partial charge in [0.1, 0.15) is 12.4 Å². The van der Waals surface area contributed by atoms with Gasteiger partial charge in [-0.3, -0.25) is 15.5 Å². The second kappa shape index (κ2) is 6.36. The number of amides is 2. The molecule has 7 heteroatoms. The Morgan fingerprint density at radius 2 is 1.83 bits per heavy atom. The fourth-order valence-electron chi connectivity index (χ4n) is 1.15. The van der Waals surface area contributed by atoms with Crippen LogP contribution in [-0.2, 0) is 4.74 Å². The number of ether oxygens (including phenoxy) is 1. The molecule has 0 aliphatic heterocycles. The Labute approximate surface area is 103 Å². The molecule has 0 aliphatic carbocycles. The lowest BCUT2D eigenvalue weighted by Gasteiger charge is -2.07. The van der Waals surface area contributed by atoms with Gasteiger partial charge in [-0.15, -0.1) is 0 Å². The summed E-state index contributed by atoms with van der Waals surface area (Å²) in [4.78, 5) is 21.9. The molecule has 0 saturated heterocycles. The number of carbonyl (C=O) groups excluding carboxylic acids is 2. The third-order valence-corrected chi connectivity index (χ3v) is 2.01. The van der Waals surface area contributed by atoms with Gasteiger partial charge in [0.05, 0.1) is 6.61 Å². The highest BCUT2D eigenvalue weighted by Crippen LogP contribution is 2.03. The molecule has 0 fully saturated rings. The van der Waals surface area contributed by atoms with Crippen LogP contribution in [0.1, 0.15) is 15.9 Å². The lowest BCUT2D eigenvalue weighted by atomic mass is 10.1. The van der Waals surface area contributed by atoms with Gasteiger partial charge in [0.15, 0.2) is 0 Å². The van der Waals surface area contributed by atoms with Gasteiger partial charge in [0.2, 0.25) is 5.91 Å². The van der Waals surface area contributed by atoms with E-state index in [1.165, 1.54) is 24.3 Å². The summed E-state index contributed by atoms with van der Waals surface area (Å²) in [6.45, 7) is -0.423. The van der Waals surface area contributed by atoms with E-state index in [4.69, 9.17) is 16.2 Å². The molecule has 5 N–H and O–H groups in total. The van der Waals surface area contributed by atoms with Crippen LogP contribution in [0.25, 0.3) is 0 Å². The molecule has 7 nitrogen and oxygen atoms in total. The molecule has 0 aliphatic rings. The number of rotatable bonds is 4. The van der Waals surface area contributed by atoms with Crippen molar-refractivity contribution in [2.45, 2.75) is 0 Å². The molecule has 1 rings (SSSR count). The molecule has 0 unspecified atom stereocenters. The van der Waals surface area contributed by atoms with E-state index in [0.29, 0.717) is 11.1 Å². The second-order valence-electron chi connectivity index (χ2n) is 3.30. The van der Waals surface area contributed by atoms with Gasteiger partial charge in [-0.25, -0.2) is 4.79 Å². The van der Waals surface area contributed by atoms with Crippen LogP contribution in [0.4, 0.5) is 4.79 Å². The van der Waals surface area contributed by atoms with Crippen molar-refractivity contribution in [2.24, 2.45) is 5.73 Å². The predicted molar refractivity (Wildman–Crippen MR) is 63.4 cm³/mol. The Hall–Kier alpha value is -2.41. The first-order valence-corrected chi connectivity index (χ1v) is 5.08. The summed E-state index contributed by atoms with van der Waals surface area (Å²) in [7, 11) is 0. The smallest absolute Gasteiger partial charge is 0.412 e. The monoisotopic (exact) mass is 251 g/mol. The van der Waals surface area contributed by atoms with Crippen LogP contribution in [0, 0.1) is 5.41 Å². The summed E-state index contributed by atoms with van der Waals surface area (Å²) in [5, 5.41) is 18.2. The Kier molecular flexibility index (Phi) is 4.82. The number of amidine groups is 1. The Bertz CT molecular complexity index is 456. The number of primary amides is 1. The number of aliphatic hydroxyl groups excluding tert-OH is 1. The molecular weight excluding hydrogens is 238 g/mol. The van der Waals surface area contributed by atoms with Crippen molar-refractivity contribution in [3.63, 3.8) is 0 Å². The zero-order chi connectivity index (χ0) is 13.5. The van der Waals surface area contributed by atoms with Crippen LogP contribution in [-0.4, -0.2) is 36.2 Å². The molecule has 1 aromatic rings. The van der Waals surface area contributed by atoms with Crippen molar-refractivity contribution in [2.75, 3.05) is 13.2 Å². The van der Waals surface area contributed by atoms with E-state index in [1.54, 1.807) is 0 Å². The van der Waals surface area contributed by atoms with Crippen LogP contribution in [0.5, 0.6) is 0 Å². The highest BCUT2D eigenvalue weighted by atomic mass is 16.6. The second-order valence-corrected chi connectivity index (χ2v) is 3.30. The molecular formula is C11H13N3O4. The zero-order valence-electron chi connectivity index (χ0n) is 9.47. The van der Waals surface area contributed by atoms with Gasteiger partial charge in [-0.05, 0) is 12.1 Å². The van der Waals surface area contributed by atoms with Crippen molar-refractivity contribution >= 4 is 17.8 Å². The number of hydrogen-bond acceptors (Lipinski definition) is 5. The Morgan fingerprint density at radius 3 is 2.33 bits per heavy atom. The van der Waals surface area contributed by atoms with Gasteiger partial charge in [0, 0.05) is 11.1 Å². The van der Waals surface area contributed by atoms with Crippen LogP contribution in [0.15, 0.2) is 24.3 Å². The first-order chi connectivity index (χ1) is 8.54. The lowest BCUT2D eigenvalue weighted by molar-refractivity contribution is 0.1000. The minimum atomic E-state index is -0.826. The molecule has 0 bridgehead atoms. The highest BCUT2D eigenvalue weighted by molar-refractivity contribution is 6.05. The number of nitrogens with two attached hydrogens (primary N) is 1. The molecule has 1 aromatic carbocycles. The standard InChI is InChI=1S/C11H13N3O4/c12-9(14-11(17)18-6-5-15)7-1-3-8(4-2-7)10(13)16/h1-4,15H,5-6H2,(H2,13,16)(H2,12,14,17). The molecule has 0 radical (unpaired) electrons. The number of aliphatic hydroxyl groups is 1. The van der Waals surface area contributed by atoms with Gasteiger partial charge in [-0.1, -0.05) is 12.1 Å². The topological polar surface area (TPSA) is 126 Å². The minimum absolute atomic E-state index is 0.139. The van der Waals surface area contributed by atoms with Crippen molar-refractivity contribution in [3.05, 3.63) is 35.4 Å². The predicted octanol–water partition coefficient (Wildman–Crippen LogP) is -0.171. The van der Waals surface area contributed by atoms with Crippen LogP contribution in [0.3, 0.4) is 0 Å². The normalized spacial score (nSPS) is 9.61. The lowest BCUT2D eigenvalue weighted by Crippen LogP contribution is -2.31. The quantitative estimate of drug-likeness (QED) is 0.437. The number of alkyl carbamates (subject to hydrolysis) is 1. The molecule has 0 aromatic heterocycles. The fourth-order valence-corrected chi connectivity index (χ4v) is 1.15. The zero-order valence-corrected chi connectivity index (χ0v) is 9.47. The minimum Gasteiger partial charge on any atom is -0.447 e. The van der Waals surface area contributed by atoms with E-state index in [9.17, 15) is 9.59 Å². The van der Waals surface area contributed by atoms with Crippen molar-refractivity contribution in [1.82, 2.24) is 5.32 Å². The number of hydrogen-bond donors (Lipinski definition) is 4. The van der Waals surface area contributed by atoms with E-state index >= 15 is 0 Å². The SMILES string of the molecule is N=C(NC(=O)OCCO)c1ccc(C(N)=O)cc1. The van der Waals surface area contributed by atoms with Gasteiger partial charge < -0.3 is 15.6 Å². The van der Waals surface area contributed by atoms with E-state index in [2.05, 4.69) is 10.1 Å². The Balaban J connectivity index is 2.61. The third-order valence-electron chi connectivity index (χ3n) is 2.01. The fraction of sp³-hybridized carbons (Fsp3) is 0.182. The average molecular weight is 251 g/mol. The van der Waals surface area contributed by atoms with Crippen LogP contribution in [0.2, 0.25) is 0 Å². The number of carbonyl (C=O) groups is 2. The summed E-state index contributed by atoms with van der Waals surface area (Å²) >= 11 is 0. The maximum atomic E-state index is 11.1. The molecule has 18 heavy (non-hydrogen) atoms. The van der Waals surface area contributed by atoms with Gasteiger partial charge in [-0.2, -0.15) is 0 Å². The summed E-state index contributed by atoms with van der Waals surface area (Å²) in [6.07, 6.45) is -0.826. The first-order valence-electron chi connectivity index (χ1n) is 5.08. The maximum absolute atomic E-state index is 11.1. The molecule has 0 saturated carbocycles. The Morgan fingerprint density at radius 1 is 1.28 bits per heavy atom. The van der Waals surface area contributed by atoms with Gasteiger partial charge >= 0.3 is 6.09 Å². The van der Waals surface area contributed by atoms with E-state index < -0.39 is 12.0 Å². The third kappa shape index (κ3) is 3.87. The van der Waals surface area contributed by atoms with E-state index in [1.807, 2.05) is 0 Å². The summed E-state index contributed by atoms with van der Waals surface area (Å²) in [6, 6.07) is 5.86. The average Bonchev–Trinajstić information content (AvgIpc) is 2.36. The van der Waals surface area contributed by atoms with Gasteiger partial charge in [0.25, 0.3) is 0 Å². The molecule has 0 atom stereocenters. The maximum Gasteiger partial charge on any atom is 0.412 e. The first kappa shape index (κ1) is 13.7. The summed E-state index contributed by atoms with van der Waals surface area (Å²) in [5.74, 6) is -0.739. The summed E-state index contributed by atoms with van der Waals surface area (Å²) < 4.78 is 4.53. The van der Waals surface area contributed by atoms with E-state index in [-0.39, 0.29) is 19.0 Å². The highest BCUT2D eigenvalue weighted by Gasteiger charge is 2.08. The molecule has 2 amide bonds. The molecule has 0 heterocycles. The largest absolute Gasteiger partial charge is 0.447 e. The number of nitrogens with one attached hydrogen (secondary N) is 2. The van der Waals surface area contributed by atoms with Crippen molar-refractivity contribution < 1.29 is 19.4 Å². The number of benzene rings is 1. The van der Waals surface area contributed by atoms with Crippen molar-refractivity contribution in [3.8, 4) is 0 Å². The molecule has 96 valence electrons. The summed E-state index contributed by atoms with van der Waals surface area (Å²) in [5.41, 5.74) is 5.79.